The Morgan fingerprint density at radius 3 is 2.32 bits per heavy atom. The highest BCUT2D eigenvalue weighted by Crippen LogP contribution is 2.42. The number of carbonyl (C=O) groups is 2. The monoisotopic (exact) mass is 770 g/mol. The lowest BCUT2D eigenvalue weighted by Gasteiger charge is -2.08. The zero-order valence-corrected chi connectivity index (χ0v) is 29.8. The minimum atomic E-state index is -3.57. The molecule has 3 aromatic carbocycles. The molecule has 1 saturated carbocycles. The molecule has 0 bridgehead atoms. The number of ether oxygens (including phenoxy) is 1. The van der Waals surface area contributed by atoms with Gasteiger partial charge in [-0.05, 0) is 55.7 Å². The molecule has 1 aliphatic carbocycles. The van der Waals surface area contributed by atoms with Crippen LogP contribution >= 0.6 is 30.6 Å². The molecule has 1 aliphatic rings. The van der Waals surface area contributed by atoms with Crippen LogP contribution in [0.25, 0.3) is 0 Å². The number of hydrogen-bond acceptors (Lipinski definition) is 12. The Balaban J connectivity index is 0.000000214. The van der Waals surface area contributed by atoms with Gasteiger partial charge in [-0.1, -0.05) is 46.6 Å². The lowest BCUT2D eigenvalue weighted by molar-refractivity contribution is -0.383. The number of aromatic nitrogens is 1. The van der Waals surface area contributed by atoms with Gasteiger partial charge in [-0.3, -0.25) is 24.3 Å². The van der Waals surface area contributed by atoms with Gasteiger partial charge in [0.05, 0.1) is 21.6 Å². The fraction of sp³-hybridized carbons (Fsp3) is 0.258. The van der Waals surface area contributed by atoms with E-state index in [9.17, 15) is 32.7 Å². The molecule has 1 fully saturated rings. The molecule has 0 saturated heterocycles. The van der Waals surface area contributed by atoms with Crippen LogP contribution in [0.5, 0.6) is 11.5 Å². The summed E-state index contributed by atoms with van der Waals surface area (Å²) in [5.41, 5.74) is 10.8. The first-order valence-electron chi connectivity index (χ1n) is 14.5. The highest BCUT2D eigenvalue weighted by Gasteiger charge is 2.34. The van der Waals surface area contributed by atoms with E-state index in [1.807, 2.05) is 6.07 Å². The third-order valence-corrected chi connectivity index (χ3v) is 9.69. The van der Waals surface area contributed by atoms with Crippen LogP contribution in [-0.4, -0.2) is 65.4 Å². The number of aliphatic carboxylic acids is 1. The average molecular weight is 772 g/mol. The molecule has 0 spiro atoms. The second kappa shape index (κ2) is 17.1. The van der Waals surface area contributed by atoms with Crippen LogP contribution in [-0.2, 0) is 19.2 Å². The number of halogens is 2. The van der Waals surface area contributed by atoms with Crippen LogP contribution in [0.4, 0.5) is 11.4 Å². The van der Waals surface area contributed by atoms with E-state index in [0.717, 1.165) is 19.1 Å². The predicted molar refractivity (Wildman–Crippen MR) is 186 cm³/mol. The molecule has 1 heterocycles. The van der Waals surface area contributed by atoms with Crippen LogP contribution < -0.4 is 16.2 Å². The van der Waals surface area contributed by atoms with Crippen LogP contribution in [0.15, 0.2) is 76.3 Å². The van der Waals surface area contributed by atoms with Gasteiger partial charge >= 0.3 is 5.97 Å². The Kier molecular flexibility index (Phi) is 13.7. The summed E-state index contributed by atoms with van der Waals surface area (Å²) in [5.74, 6) is 0.0575. The molecular formula is C31H33Cl2N4O11PS. The minimum Gasteiger partial charge on any atom is -0.480 e. The maximum absolute atomic E-state index is 12.6. The van der Waals surface area contributed by atoms with Crippen molar-refractivity contribution in [2.24, 2.45) is 5.73 Å². The first-order chi connectivity index (χ1) is 23.3. The van der Waals surface area contributed by atoms with Crippen LogP contribution in [0.3, 0.4) is 0 Å². The molecule has 0 aliphatic heterocycles. The summed E-state index contributed by atoms with van der Waals surface area (Å²) in [7, 11) is -6.67. The van der Waals surface area contributed by atoms with E-state index < -0.39 is 39.9 Å². The molecule has 0 radical (unpaired) electrons. The largest absolute Gasteiger partial charge is 0.480 e. The Bertz CT molecular complexity index is 2020. The van der Waals surface area contributed by atoms with E-state index in [1.54, 1.807) is 24.3 Å². The van der Waals surface area contributed by atoms with Crippen molar-refractivity contribution in [3.8, 4) is 11.5 Å². The maximum atomic E-state index is 12.6. The maximum Gasteiger partial charge on any atom is 0.320 e. The topological polar surface area (TPSA) is 256 Å². The number of nitrogen functional groups attached to an aromatic ring is 1. The van der Waals surface area contributed by atoms with Crippen molar-refractivity contribution >= 4 is 63.5 Å². The summed E-state index contributed by atoms with van der Waals surface area (Å²) in [5, 5.41) is 22.9. The summed E-state index contributed by atoms with van der Waals surface area (Å²) in [6.45, 7) is 1.18. The van der Waals surface area contributed by atoms with Crippen molar-refractivity contribution in [3.05, 3.63) is 104 Å². The number of sulfone groups is 1. The van der Waals surface area contributed by atoms with Gasteiger partial charge in [-0.2, -0.15) is 0 Å². The van der Waals surface area contributed by atoms with Gasteiger partial charge < -0.3 is 30.7 Å². The number of nitro benzene ring substituents is 1. The molecule has 15 nitrogen and oxygen atoms in total. The lowest BCUT2D eigenvalue weighted by Crippen LogP contribution is -2.30. The van der Waals surface area contributed by atoms with E-state index >= 15 is 0 Å². The van der Waals surface area contributed by atoms with Gasteiger partial charge in [-0.15, -0.1) is 0 Å². The van der Waals surface area contributed by atoms with Crippen LogP contribution in [0, 0.1) is 10.1 Å². The van der Waals surface area contributed by atoms with Crippen LogP contribution in [0.2, 0.25) is 10.0 Å². The first kappa shape index (κ1) is 40.1. The molecule has 19 heteroatoms. The Morgan fingerprint density at radius 1 is 1.14 bits per heavy atom. The Morgan fingerprint density at radius 2 is 1.78 bits per heavy atom. The standard InChI is InChI=1S/C14H12ClNO4S.C12H9ClN2O3.C5H12NO4P/c1-21(18,19)12-6-9(15)4-5-10(12)13(17)11-7-16-20-14(11)8-2-3-8;13-11-10(18-8-4-2-1-3-5-8)7-6-9(12(11)14)15(16)17;1-11(9,10)3-2-4(6)5(7)8/h4-8H,2-3H2,1H3;1-7H,14H2;4H,2-3,6H2,1H3,(H,7,8)(H,9,10). The third kappa shape index (κ3) is 11.6. The summed E-state index contributed by atoms with van der Waals surface area (Å²) in [6.07, 6.45) is 4.30. The number of nitrogens with two attached hydrogens (primary N) is 2. The van der Waals surface area contributed by atoms with Crippen molar-refractivity contribution in [3.63, 3.8) is 0 Å². The number of nitrogens with zero attached hydrogens (tertiary/aromatic N) is 2. The zero-order chi connectivity index (χ0) is 37.4. The SMILES string of the molecule is CP(=O)(O)CCC(N)C(=O)O.CS(=O)(=O)c1cc(Cl)ccc1C(=O)c1cnoc1C1CC1.Nc1c([N+](=O)[O-])ccc(Oc2ccccc2)c1Cl. The van der Waals surface area contributed by atoms with Crippen molar-refractivity contribution in [2.75, 3.05) is 24.8 Å². The number of para-hydroxylation sites is 1. The zero-order valence-electron chi connectivity index (χ0n) is 26.6. The van der Waals surface area contributed by atoms with Gasteiger partial charge in [0.25, 0.3) is 5.69 Å². The molecule has 1 aromatic heterocycles. The van der Waals surface area contributed by atoms with Gasteiger partial charge in [0.15, 0.2) is 28.7 Å². The lowest BCUT2D eigenvalue weighted by atomic mass is 10.0. The number of anilines is 1. The van der Waals surface area contributed by atoms with Gasteiger partial charge in [0, 0.05) is 41.7 Å². The molecule has 6 N–H and O–H groups in total. The highest BCUT2D eigenvalue weighted by molar-refractivity contribution is 7.90. The smallest absolute Gasteiger partial charge is 0.320 e. The summed E-state index contributed by atoms with van der Waals surface area (Å²) < 4.78 is 45.0. The second-order valence-electron chi connectivity index (χ2n) is 11.1. The third-order valence-electron chi connectivity index (χ3n) is 6.84. The average Bonchev–Trinajstić information content (AvgIpc) is 3.77. The number of benzene rings is 3. The number of nitro groups is 1. The van der Waals surface area contributed by atoms with Gasteiger partial charge in [-0.25, -0.2) is 8.42 Å². The van der Waals surface area contributed by atoms with Gasteiger partial charge in [0.2, 0.25) is 0 Å². The molecule has 2 unspecified atom stereocenters. The molecule has 2 atom stereocenters. The molecule has 0 amide bonds. The van der Waals surface area contributed by atoms with Crippen molar-refractivity contribution in [1.29, 1.82) is 0 Å². The fourth-order valence-corrected chi connectivity index (χ4v) is 6.21. The van der Waals surface area contributed by atoms with E-state index in [0.29, 0.717) is 17.1 Å². The number of carboxylic acid groups (broad SMARTS) is 1. The first-order valence-corrected chi connectivity index (χ1v) is 19.5. The molecular weight excluding hydrogens is 738 g/mol. The Labute approximate surface area is 296 Å². The molecule has 5 rings (SSSR count). The van der Waals surface area contributed by atoms with Crippen molar-refractivity contribution in [2.45, 2.75) is 36.1 Å². The van der Waals surface area contributed by atoms with E-state index in [2.05, 4.69) is 5.16 Å². The normalized spacial score (nSPS) is 14.1. The molecule has 4 aromatic rings. The number of ketones is 1. The number of hydrogen-bond donors (Lipinski definition) is 4. The second-order valence-corrected chi connectivity index (χ2v) is 16.5. The number of carboxylic acids is 1. The number of carbonyl (C=O) groups excluding carboxylic acids is 1. The van der Waals surface area contributed by atoms with Crippen molar-refractivity contribution < 1.29 is 46.8 Å². The van der Waals surface area contributed by atoms with Crippen molar-refractivity contribution in [1.82, 2.24) is 5.16 Å². The summed E-state index contributed by atoms with van der Waals surface area (Å²) >= 11 is 11.8. The summed E-state index contributed by atoms with van der Waals surface area (Å²) in [6, 6.07) is 14.8. The van der Waals surface area contributed by atoms with E-state index in [-0.39, 0.29) is 56.1 Å². The van der Waals surface area contributed by atoms with Crippen LogP contribution in [0.1, 0.15) is 46.9 Å². The molecule has 50 heavy (non-hydrogen) atoms. The quantitative estimate of drug-likeness (QED) is 0.0439. The fourth-order valence-electron chi connectivity index (χ4n) is 4.11. The van der Waals surface area contributed by atoms with Gasteiger partial charge in [0.1, 0.15) is 28.3 Å². The predicted octanol–water partition coefficient (Wildman–Crippen LogP) is 6.15. The van der Waals surface area contributed by atoms with E-state index in [1.165, 1.54) is 43.2 Å². The van der Waals surface area contributed by atoms with E-state index in [4.69, 9.17) is 53.9 Å². The minimum absolute atomic E-state index is 0.0352. The Hall–Kier alpha value is -4.31. The molecule has 268 valence electrons. The number of rotatable bonds is 11. The summed E-state index contributed by atoms with van der Waals surface area (Å²) in [4.78, 5) is 41.5. The highest BCUT2D eigenvalue weighted by atomic mass is 35.5.